The Morgan fingerprint density at radius 2 is 1.21 bits per heavy atom. The van der Waals surface area contributed by atoms with E-state index in [0.29, 0.717) is 0 Å². The molecule has 0 radical (unpaired) electrons. The first-order valence-electron chi connectivity index (χ1n) is 5.55. The molecule has 0 aromatic heterocycles. The average Bonchev–Trinajstić information content (AvgIpc) is 2.33. The van der Waals surface area contributed by atoms with Gasteiger partial charge in [-0.3, -0.25) is 4.55 Å². The zero-order valence-electron chi connectivity index (χ0n) is 10.7. The first-order chi connectivity index (χ1) is 8.79. The maximum Gasteiger partial charge on any atom is 0.294 e. The summed E-state index contributed by atoms with van der Waals surface area (Å²) in [5.74, 6) is 0. The molecule has 0 atom stereocenters. The number of halogens is 1. The van der Waals surface area contributed by atoms with Gasteiger partial charge in [-0.1, -0.05) is 35.4 Å². The molecular formula is C14H15IO3S. The van der Waals surface area contributed by atoms with E-state index in [4.69, 9.17) is 4.55 Å². The Morgan fingerprint density at radius 3 is 1.53 bits per heavy atom. The van der Waals surface area contributed by atoms with Crippen LogP contribution in [0.15, 0.2) is 53.4 Å². The van der Waals surface area contributed by atoms with Crippen LogP contribution in [0.25, 0.3) is 0 Å². The van der Waals surface area contributed by atoms with E-state index in [2.05, 4.69) is 53.8 Å². The molecule has 2 aromatic carbocycles. The Bertz CT molecular complexity index is 596. The highest BCUT2D eigenvalue weighted by atomic mass is 127. The molecular weight excluding hydrogens is 375 g/mol. The predicted molar refractivity (Wildman–Crippen MR) is 84.9 cm³/mol. The van der Waals surface area contributed by atoms with Crippen molar-refractivity contribution in [3.05, 3.63) is 63.2 Å². The molecule has 0 saturated heterocycles. The topological polar surface area (TPSA) is 54.4 Å². The van der Waals surface area contributed by atoms with Crippen LogP contribution >= 0.6 is 22.6 Å². The molecule has 19 heavy (non-hydrogen) atoms. The monoisotopic (exact) mass is 390 g/mol. The van der Waals surface area contributed by atoms with Crippen molar-refractivity contribution < 1.29 is 13.0 Å². The molecule has 0 spiro atoms. The molecule has 0 aliphatic carbocycles. The molecule has 2 aromatic rings. The van der Waals surface area contributed by atoms with Crippen LogP contribution in [0.4, 0.5) is 0 Å². The lowest BCUT2D eigenvalue weighted by Gasteiger charge is -1.95. The molecule has 0 unspecified atom stereocenters. The lowest BCUT2D eigenvalue weighted by atomic mass is 10.2. The summed E-state index contributed by atoms with van der Waals surface area (Å²) in [4.78, 5) is -0.0666. The van der Waals surface area contributed by atoms with Crippen LogP contribution in [0.2, 0.25) is 0 Å². The Balaban J connectivity index is 0.000000200. The van der Waals surface area contributed by atoms with Gasteiger partial charge in [0.1, 0.15) is 0 Å². The molecule has 0 amide bonds. The third-order valence-electron chi connectivity index (χ3n) is 2.33. The fourth-order valence-corrected chi connectivity index (χ4v) is 2.08. The number of benzene rings is 2. The van der Waals surface area contributed by atoms with E-state index in [9.17, 15) is 8.42 Å². The number of aryl methyl sites for hydroxylation is 2. The van der Waals surface area contributed by atoms with Gasteiger partial charge in [0, 0.05) is 3.57 Å². The molecule has 102 valence electrons. The fourth-order valence-electron chi connectivity index (χ4n) is 1.24. The number of hydrogen-bond donors (Lipinski definition) is 1. The van der Waals surface area contributed by atoms with Crippen molar-refractivity contribution in [3.8, 4) is 0 Å². The zero-order chi connectivity index (χ0) is 14.5. The molecule has 2 rings (SSSR count). The predicted octanol–water partition coefficient (Wildman–Crippen LogP) is 3.84. The van der Waals surface area contributed by atoms with E-state index in [1.54, 1.807) is 12.1 Å². The van der Waals surface area contributed by atoms with Crippen LogP contribution in [0, 0.1) is 17.4 Å². The molecule has 1 N–H and O–H groups in total. The lowest BCUT2D eigenvalue weighted by molar-refractivity contribution is 0.483. The van der Waals surface area contributed by atoms with Gasteiger partial charge in [-0.15, -0.1) is 0 Å². The van der Waals surface area contributed by atoms with Crippen molar-refractivity contribution in [2.75, 3.05) is 0 Å². The third-order valence-corrected chi connectivity index (χ3v) is 3.92. The second kappa shape index (κ2) is 7.02. The van der Waals surface area contributed by atoms with Crippen LogP contribution in [-0.4, -0.2) is 13.0 Å². The van der Waals surface area contributed by atoms with Gasteiger partial charge in [-0.05, 0) is 60.7 Å². The highest BCUT2D eigenvalue weighted by molar-refractivity contribution is 14.1. The molecule has 3 nitrogen and oxygen atoms in total. The van der Waals surface area contributed by atoms with Crippen LogP contribution in [0.5, 0.6) is 0 Å². The molecule has 5 heteroatoms. The fraction of sp³-hybridized carbons (Fsp3) is 0.143. The Kier molecular flexibility index (Phi) is 5.96. The summed E-state index contributed by atoms with van der Waals surface area (Å²) in [5, 5.41) is 0. The minimum absolute atomic E-state index is 0.0666. The number of hydrogen-bond acceptors (Lipinski definition) is 2. The largest absolute Gasteiger partial charge is 0.294 e. The third kappa shape index (κ3) is 6.17. The highest BCUT2D eigenvalue weighted by Crippen LogP contribution is 2.08. The second-order valence-electron chi connectivity index (χ2n) is 4.08. The van der Waals surface area contributed by atoms with E-state index in [0.717, 1.165) is 5.56 Å². The summed E-state index contributed by atoms with van der Waals surface area (Å²) in [6.07, 6.45) is 0. The van der Waals surface area contributed by atoms with Gasteiger partial charge in [0.15, 0.2) is 0 Å². The molecule has 0 aliphatic rings. The first kappa shape index (κ1) is 16.1. The standard InChI is InChI=1S/C7H7I.C7H8O3S/c1-6-2-4-7(8)5-3-6;1-6-2-4-7(5-3-6)11(8,9)10/h2-5H,1H3;2-5H,1H3,(H,8,9,10). The van der Waals surface area contributed by atoms with E-state index < -0.39 is 10.1 Å². The lowest BCUT2D eigenvalue weighted by Crippen LogP contribution is -1.96. The van der Waals surface area contributed by atoms with Gasteiger partial charge in [0.05, 0.1) is 4.90 Å². The van der Waals surface area contributed by atoms with Crippen molar-refractivity contribution in [1.82, 2.24) is 0 Å². The van der Waals surface area contributed by atoms with Gasteiger partial charge in [0.25, 0.3) is 10.1 Å². The van der Waals surface area contributed by atoms with Gasteiger partial charge in [-0.2, -0.15) is 8.42 Å². The van der Waals surface area contributed by atoms with Crippen molar-refractivity contribution in [1.29, 1.82) is 0 Å². The van der Waals surface area contributed by atoms with E-state index in [-0.39, 0.29) is 4.90 Å². The Labute approximate surface area is 127 Å². The average molecular weight is 390 g/mol. The summed E-state index contributed by atoms with van der Waals surface area (Å²) >= 11 is 2.30. The van der Waals surface area contributed by atoms with Crippen molar-refractivity contribution in [2.24, 2.45) is 0 Å². The molecule has 0 bridgehead atoms. The number of rotatable bonds is 1. The molecule has 0 aliphatic heterocycles. The van der Waals surface area contributed by atoms with Crippen LogP contribution in [0.3, 0.4) is 0 Å². The summed E-state index contributed by atoms with van der Waals surface area (Å²) in [6.45, 7) is 3.93. The van der Waals surface area contributed by atoms with Crippen LogP contribution < -0.4 is 0 Å². The van der Waals surface area contributed by atoms with Gasteiger partial charge >= 0.3 is 0 Å². The highest BCUT2D eigenvalue weighted by Gasteiger charge is 2.06. The summed E-state index contributed by atoms with van der Waals surface area (Å²) < 4.78 is 30.9. The minimum atomic E-state index is -4.02. The molecule has 0 heterocycles. The van der Waals surface area contributed by atoms with Crippen LogP contribution in [0.1, 0.15) is 11.1 Å². The minimum Gasteiger partial charge on any atom is -0.282 e. The Hall–Kier alpha value is -0.920. The van der Waals surface area contributed by atoms with E-state index in [1.807, 2.05) is 6.92 Å². The maximum atomic E-state index is 10.5. The van der Waals surface area contributed by atoms with Crippen molar-refractivity contribution in [3.63, 3.8) is 0 Å². The van der Waals surface area contributed by atoms with E-state index in [1.165, 1.54) is 21.3 Å². The Morgan fingerprint density at radius 1 is 0.842 bits per heavy atom. The first-order valence-corrected chi connectivity index (χ1v) is 8.07. The van der Waals surface area contributed by atoms with Crippen molar-refractivity contribution >= 4 is 32.7 Å². The SMILES string of the molecule is Cc1ccc(I)cc1.Cc1ccc(S(=O)(=O)O)cc1. The summed E-state index contributed by atoms with van der Waals surface area (Å²) in [6, 6.07) is 14.4. The molecule has 0 fully saturated rings. The maximum absolute atomic E-state index is 10.5. The zero-order valence-corrected chi connectivity index (χ0v) is 13.6. The van der Waals surface area contributed by atoms with E-state index >= 15 is 0 Å². The van der Waals surface area contributed by atoms with Gasteiger partial charge < -0.3 is 0 Å². The quantitative estimate of drug-likeness (QED) is 0.595. The van der Waals surface area contributed by atoms with Crippen LogP contribution in [-0.2, 0) is 10.1 Å². The second-order valence-corrected chi connectivity index (χ2v) is 6.75. The smallest absolute Gasteiger partial charge is 0.282 e. The summed E-state index contributed by atoms with van der Waals surface area (Å²) in [5.41, 5.74) is 2.28. The van der Waals surface area contributed by atoms with Gasteiger partial charge in [0.2, 0.25) is 0 Å². The summed E-state index contributed by atoms with van der Waals surface area (Å²) in [7, 11) is -4.02. The van der Waals surface area contributed by atoms with Crippen molar-refractivity contribution in [2.45, 2.75) is 18.7 Å². The van der Waals surface area contributed by atoms with Gasteiger partial charge in [-0.25, -0.2) is 0 Å². The molecule has 0 saturated carbocycles. The normalized spacial score (nSPS) is 10.5.